The van der Waals surface area contributed by atoms with Crippen LogP contribution in [0.5, 0.6) is 0 Å². The van der Waals surface area contributed by atoms with Crippen molar-refractivity contribution in [1.29, 1.82) is 0 Å². The zero-order valence-corrected chi connectivity index (χ0v) is 22.9. The molecule has 2 unspecified atom stereocenters. The van der Waals surface area contributed by atoms with Crippen molar-refractivity contribution in [3.63, 3.8) is 0 Å². The lowest BCUT2D eigenvalue weighted by atomic mass is 9.79. The zero-order valence-electron chi connectivity index (χ0n) is 22.9. The summed E-state index contributed by atoms with van der Waals surface area (Å²) in [5, 5.41) is 39.8. The lowest BCUT2D eigenvalue weighted by Crippen LogP contribution is -2.33. The molecule has 1 fully saturated rings. The first-order valence-corrected chi connectivity index (χ1v) is 14.3. The van der Waals surface area contributed by atoms with Crippen molar-refractivity contribution in [2.45, 2.75) is 122 Å². The monoisotopic (exact) mass is 520 g/mol. The van der Waals surface area contributed by atoms with Gasteiger partial charge in [0.15, 0.2) is 0 Å². The Kier molecular flexibility index (Phi) is 30.8. The predicted octanol–water partition coefficient (Wildman–Crippen LogP) is 4.84. The largest absolute Gasteiger partial charge is 0.481 e. The van der Waals surface area contributed by atoms with Crippen LogP contribution in [0.2, 0.25) is 0 Å². The van der Waals surface area contributed by atoms with Crippen LogP contribution in [0.4, 0.5) is 0 Å². The minimum absolute atomic E-state index is 0.125. The molecule has 5 N–H and O–H groups in total. The molecule has 0 bridgehead atoms. The lowest BCUT2D eigenvalue weighted by molar-refractivity contribution is -0.159. The number of carboxylic acids is 1. The molecular weight excluding hydrogens is 464 g/mol. The van der Waals surface area contributed by atoms with Gasteiger partial charge in [0, 0.05) is 0 Å². The van der Waals surface area contributed by atoms with Crippen LogP contribution in [0, 0.1) is 11.8 Å². The molecule has 0 heterocycles. The van der Waals surface area contributed by atoms with Gasteiger partial charge in [0.1, 0.15) is 0 Å². The summed E-state index contributed by atoms with van der Waals surface area (Å²) >= 11 is 0. The van der Waals surface area contributed by atoms with Crippen molar-refractivity contribution < 1.29 is 39.9 Å². The second-order valence-electron chi connectivity index (χ2n) is 9.49. The van der Waals surface area contributed by atoms with Gasteiger partial charge in [0.25, 0.3) is 0 Å². The van der Waals surface area contributed by atoms with Crippen molar-refractivity contribution >= 4 is 11.9 Å². The van der Waals surface area contributed by atoms with Crippen LogP contribution in [0.1, 0.15) is 122 Å². The number of carboxylic acid groups (broad SMARTS) is 1. The van der Waals surface area contributed by atoms with Crippen LogP contribution in [0.3, 0.4) is 0 Å². The summed E-state index contributed by atoms with van der Waals surface area (Å²) in [6.45, 7) is 2.21. The first-order valence-electron chi connectivity index (χ1n) is 14.3. The second-order valence-corrected chi connectivity index (χ2v) is 9.49. The third kappa shape index (κ3) is 24.5. The van der Waals surface area contributed by atoms with E-state index in [4.69, 9.17) is 25.2 Å². The molecule has 1 saturated carbocycles. The topological polar surface area (TPSA) is 145 Å². The lowest BCUT2D eigenvalue weighted by Gasteiger charge is -2.26. The Labute approximate surface area is 219 Å². The molecule has 0 radical (unpaired) electrons. The van der Waals surface area contributed by atoms with Crippen LogP contribution in [-0.4, -0.2) is 70.5 Å². The summed E-state index contributed by atoms with van der Waals surface area (Å²) in [7, 11) is 0. The number of hydrogen-bond donors (Lipinski definition) is 5. The number of unbranched alkanes of at least 4 members (excludes halogenated alkanes) is 13. The Morgan fingerprint density at radius 3 is 1.33 bits per heavy atom. The van der Waals surface area contributed by atoms with Crippen molar-refractivity contribution in [3.05, 3.63) is 0 Å². The molecule has 0 aromatic heterocycles. The third-order valence-corrected chi connectivity index (χ3v) is 6.33. The maximum Gasteiger partial charge on any atom is 0.309 e. The molecule has 0 aliphatic heterocycles. The molecule has 1 aliphatic rings. The predicted molar refractivity (Wildman–Crippen MR) is 143 cm³/mol. The zero-order chi connectivity index (χ0) is 27.3. The molecule has 1 rings (SSSR count). The average Bonchev–Trinajstić information content (AvgIpc) is 2.90. The molecule has 1 aliphatic carbocycles. The number of ether oxygens (including phenoxy) is 1. The van der Waals surface area contributed by atoms with E-state index < -0.39 is 17.8 Å². The highest BCUT2D eigenvalue weighted by Gasteiger charge is 2.36. The van der Waals surface area contributed by atoms with Crippen molar-refractivity contribution in [2.75, 3.05) is 33.0 Å². The molecule has 0 saturated heterocycles. The maximum atomic E-state index is 12.2. The molecule has 36 heavy (non-hydrogen) atoms. The molecule has 8 nitrogen and oxygen atoms in total. The number of hydrogen-bond acceptors (Lipinski definition) is 7. The molecule has 216 valence electrons. The fourth-order valence-corrected chi connectivity index (χ4v) is 4.28. The van der Waals surface area contributed by atoms with Crippen LogP contribution in [0.15, 0.2) is 0 Å². The number of aliphatic carboxylic acids is 1. The van der Waals surface area contributed by atoms with Crippen LogP contribution < -0.4 is 0 Å². The van der Waals surface area contributed by atoms with E-state index >= 15 is 0 Å². The van der Waals surface area contributed by atoms with Gasteiger partial charge in [-0.05, 0) is 19.3 Å². The van der Waals surface area contributed by atoms with E-state index in [2.05, 4.69) is 6.92 Å². The second kappa shape index (κ2) is 30.0. The van der Waals surface area contributed by atoms with Crippen molar-refractivity contribution in [2.24, 2.45) is 11.8 Å². The van der Waals surface area contributed by atoms with Crippen LogP contribution in [-0.2, 0) is 14.3 Å². The molecule has 0 aromatic rings. The van der Waals surface area contributed by atoms with E-state index in [1.54, 1.807) is 0 Å². The molecule has 8 heteroatoms. The average molecular weight is 521 g/mol. The summed E-state index contributed by atoms with van der Waals surface area (Å²) in [5.41, 5.74) is 0. The highest BCUT2D eigenvalue weighted by Crippen LogP contribution is 2.31. The maximum absolute atomic E-state index is 12.2. The van der Waals surface area contributed by atoms with Crippen LogP contribution in [0.25, 0.3) is 0 Å². The van der Waals surface area contributed by atoms with Gasteiger partial charge in [-0.2, -0.15) is 0 Å². The van der Waals surface area contributed by atoms with Gasteiger partial charge in [-0.15, -0.1) is 0 Å². The van der Waals surface area contributed by atoms with Crippen molar-refractivity contribution in [1.82, 2.24) is 0 Å². The number of rotatable bonds is 19. The Morgan fingerprint density at radius 2 is 0.972 bits per heavy atom. The van der Waals surface area contributed by atoms with E-state index in [0.717, 1.165) is 25.7 Å². The normalized spacial score (nSPS) is 16.8. The minimum atomic E-state index is -0.849. The first-order chi connectivity index (χ1) is 17.5. The van der Waals surface area contributed by atoms with E-state index in [1.165, 1.54) is 77.0 Å². The highest BCUT2D eigenvalue weighted by atomic mass is 16.5. The number of carbonyl (C=O) groups excluding carboxylic acids is 1. The fourth-order valence-electron chi connectivity index (χ4n) is 4.28. The first kappa shape index (κ1) is 36.9. The van der Waals surface area contributed by atoms with Gasteiger partial charge in [-0.25, -0.2) is 0 Å². The van der Waals surface area contributed by atoms with E-state index in [-0.39, 0.29) is 32.4 Å². The van der Waals surface area contributed by atoms with E-state index in [9.17, 15) is 14.7 Å². The van der Waals surface area contributed by atoms with Gasteiger partial charge < -0.3 is 30.3 Å². The van der Waals surface area contributed by atoms with Gasteiger partial charge in [-0.3, -0.25) is 9.59 Å². The Hall–Kier alpha value is -1.22. The molecule has 2 atom stereocenters. The SMILES string of the molecule is CCCCCCCCCCCCCCCCOC(=O)C1CCCCC1C(=O)O.OCCO.OCCO. The summed E-state index contributed by atoms with van der Waals surface area (Å²) in [4.78, 5) is 23.4. The molecule has 0 spiro atoms. The number of carbonyl (C=O) groups is 2. The van der Waals surface area contributed by atoms with Crippen molar-refractivity contribution in [3.8, 4) is 0 Å². The fraction of sp³-hybridized carbons (Fsp3) is 0.929. The number of aliphatic hydroxyl groups excluding tert-OH is 4. The summed E-state index contributed by atoms with van der Waals surface area (Å²) in [6, 6.07) is 0. The van der Waals surface area contributed by atoms with E-state index in [1.807, 2.05) is 0 Å². The molecule has 0 amide bonds. The number of aliphatic hydroxyl groups is 4. The molecular formula is C28H56O8. The smallest absolute Gasteiger partial charge is 0.309 e. The highest BCUT2D eigenvalue weighted by molar-refractivity contribution is 5.81. The van der Waals surface area contributed by atoms with Gasteiger partial charge in [0.05, 0.1) is 44.9 Å². The third-order valence-electron chi connectivity index (χ3n) is 6.33. The Morgan fingerprint density at radius 1 is 0.611 bits per heavy atom. The van der Waals surface area contributed by atoms with Gasteiger partial charge in [-0.1, -0.05) is 103 Å². The number of esters is 1. The minimum Gasteiger partial charge on any atom is -0.481 e. The van der Waals surface area contributed by atoms with Crippen LogP contribution >= 0.6 is 0 Å². The Balaban J connectivity index is 0. The standard InChI is InChI=1S/C24H44O4.2C2H6O2/c1-2-3-4-5-6-7-8-9-10-11-12-13-14-17-20-28-24(27)22-19-16-15-18-21(22)23(25)26;2*3-1-2-4/h21-22H,2-20H2,1H3,(H,25,26);2*3-4H,1-2H2. The quantitative estimate of drug-likeness (QED) is 0.120. The summed E-state index contributed by atoms with van der Waals surface area (Å²) in [5.74, 6) is -2.12. The van der Waals surface area contributed by atoms with Gasteiger partial charge >= 0.3 is 11.9 Å². The molecule has 0 aromatic carbocycles. The summed E-state index contributed by atoms with van der Waals surface area (Å²) in [6.07, 6.45) is 21.4. The van der Waals surface area contributed by atoms with E-state index in [0.29, 0.717) is 19.4 Å². The van der Waals surface area contributed by atoms with Gasteiger partial charge in [0.2, 0.25) is 0 Å². The summed E-state index contributed by atoms with van der Waals surface area (Å²) < 4.78 is 5.37. The Bertz CT molecular complexity index is 464.